The second-order valence-electron chi connectivity index (χ2n) is 7.42. The predicted molar refractivity (Wildman–Crippen MR) is 126 cm³/mol. The topological polar surface area (TPSA) is 38.7 Å². The molecule has 3 heteroatoms. The number of aryl methyl sites for hydroxylation is 1. The van der Waals surface area contributed by atoms with Crippen LogP contribution in [-0.2, 0) is 0 Å². The van der Waals surface area contributed by atoms with Gasteiger partial charge in [0.15, 0.2) is 11.6 Å². The first-order valence-corrected chi connectivity index (χ1v) is 10.3. The molecular formula is C28H21N3. The SMILES string of the molecule is Cc1nc(-c2ccc(-c3ccccc3)cc2)nc(-c2ccc(-c3ccccc3)cc2)n1. The zero-order valence-corrected chi connectivity index (χ0v) is 17.2. The summed E-state index contributed by atoms with van der Waals surface area (Å²) in [6.07, 6.45) is 0. The molecule has 0 aliphatic carbocycles. The molecule has 0 N–H and O–H groups in total. The van der Waals surface area contributed by atoms with E-state index >= 15 is 0 Å². The molecule has 0 aliphatic heterocycles. The Labute approximate surface area is 182 Å². The van der Waals surface area contributed by atoms with Gasteiger partial charge in [-0.25, -0.2) is 15.0 Å². The van der Waals surface area contributed by atoms with Crippen LogP contribution in [0.15, 0.2) is 109 Å². The van der Waals surface area contributed by atoms with Crippen LogP contribution >= 0.6 is 0 Å². The van der Waals surface area contributed by atoms with E-state index in [-0.39, 0.29) is 0 Å². The Morgan fingerprint density at radius 3 is 1.06 bits per heavy atom. The van der Waals surface area contributed by atoms with Crippen LogP contribution in [0, 0.1) is 6.92 Å². The molecule has 0 saturated heterocycles. The molecule has 5 aromatic rings. The molecule has 5 rings (SSSR count). The molecule has 0 saturated carbocycles. The van der Waals surface area contributed by atoms with Crippen molar-refractivity contribution in [2.45, 2.75) is 6.92 Å². The average Bonchev–Trinajstić information content (AvgIpc) is 2.85. The van der Waals surface area contributed by atoms with Gasteiger partial charge in [0.1, 0.15) is 5.82 Å². The summed E-state index contributed by atoms with van der Waals surface area (Å²) in [5.74, 6) is 2.09. The normalized spacial score (nSPS) is 10.7. The Bertz CT molecular complexity index is 1190. The van der Waals surface area contributed by atoms with Crippen LogP contribution in [0.3, 0.4) is 0 Å². The second-order valence-corrected chi connectivity index (χ2v) is 7.42. The maximum absolute atomic E-state index is 4.76. The molecule has 0 spiro atoms. The first kappa shape index (κ1) is 18.9. The predicted octanol–water partition coefficient (Wildman–Crippen LogP) is 6.85. The number of nitrogens with zero attached hydrogens (tertiary/aromatic N) is 3. The minimum Gasteiger partial charge on any atom is -0.213 e. The Morgan fingerprint density at radius 1 is 0.355 bits per heavy atom. The van der Waals surface area contributed by atoms with Gasteiger partial charge in [-0.3, -0.25) is 0 Å². The van der Waals surface area contributed by atoms with Crippen LogP contribution in [0.4, 0.5) is 0 Å². The number of aromatic nitrogens is 3. The van der Waals surface area contributed by atoms with E-state index in [1.807, 2.05) is 43.3 Å². The largest absolute Gasteiger partial charge is 0.213 e. The summed E-state index contributed by atoms with van der Waals surface area (Å²) in [5, 5.41) is 0. The summed E-state index contributed by atoms with van der Waals surface area (Å²) in [6.45, 7) is 1.91. The summed E-state index contributed by atoms with van der Waals surface area (Å²) in [7, 11) is 0. The number of hydrogen-bond donors (Lipinski definition) is 0. The van der Waals surface area contributed by atoms with Crippen LogP contribution in [0.2, 0.25) is 0 Å². The monoisotopic (exact) mass is 399 g/mol. The van der Waals surface area contributed by atoms with Crippen LogP contribution in [0.5, 0.6) is 0 Å². The van der Waals surface area contributed by atoms with E-state index in [2.05, 4.69) is 82.8 Å². The molecule has 0 aliphatic rings. The maximum atomic E-state index is 4.76. The molecule has 0 amide bonds. The Balaban J connectivity index is 1.45. The van der Waals surface area contributed by atoms with Crippen molar-refractivity contribution in [3.8, 4) is 45.0 Å². The molecule has 0 bridgehead atoms. The standard InChI is InChI=1S/C28H21N3/c1-20-29-27(25-16-12-23(13-17-25)21-8-4-2-5-9-21)31-28(30-20)26-18-14-24(15-19-26)22-10-6-3-7-11-22/h2-19H,1H3. The van der Waals surface area contributed by atoms with Gasteiger partial charge in [0.25, 0.3) is 0 Å². The van der Waals surface area contributed by atoms with Crippen molar-refractivity contribution in [1.29, 1.82) is 0 Å². The van der Waals surface area contributed by atoms with Crippen molar-refractivity contribution in [3.05, 3.63) is 115 Å². The van der Waals surface area contributed by atoms with Crippen molar-refractivity contribution >= 4 is 0 Å². The summed E-state index contributed by atoms with van der Waals surface area (Å²) in [5.41, 5.74) is 6.69. The van der Waals surface area contributed by atoms with E-state index in [9.17, 15) is 0 Å². The molecule has 0 atom stereocenters. The van der Waals surface area contributed by atoms with E-state index in [0.29, 0.717) is 17.5 Å². The lowest BCUT2D eigenvalue weighted by Crippen LogP contribution is -1.99. The number of benzene rings is 4. The summed E-state index contributed by atoms with van der Waals surface area (Å²) in [6, 6.07) is 37.4. The summed E-state index contributed by atoms with van der Waals surface area (Å²) < 4.78 is 0. The smallest absolute Gasteiger partial charge is 0.163 e. The molecule has 31 heavy (non-hydrogen) atoms. The number of rotatable bonds is 4. The fourth-order valence-corrected chi connectivity index (χ4v) is 3.62. The molecular weight excluding hydrogens is 378 g/mol. The Hall–Kier alpha value is -4.11. The molecule has 3 nitrogen and oxygen atoms in total. The van der Waals surface area contributed by atoms with Gasteiger partial charge in [-0.1, -0.05) is 109 Å². The van der Waals surface area contributed by atoms with E-state index in [1.165, 1.54) is 22.3 Å². The van der Waals surface area contributed by atoms with Gasteiger partial charge in [0.05, 0.1) is 0 Å². The zero-order chi connectivity index (χ0) is 21.0. The fourth-order valence-electron chi connectivity index (χ4n) is 3.62. The quantitative estimate of drug-likeness (QED) is 0.332. The molecule has 4 aromatic carbocycles. The zero-order valence-electron chi connectivity index (χ0n) is 17.2. The average molecular weight is 399 g/mol. The highest BCUT2D eigenvalue weighted by atomic mass is 15.0. The van der Waals surface area contributed by atoms with Gasteiger partial charge < -0.3 is 0 Å². The van der Waals surface area contributed by atoms with Crippen molar-refractivity contribution in [3.63, 3.8) is 0 Å². The van der Waals surface area contributed by atoms with Crippen LogP contribution in [-0.4, -0.2) is 15.0 Å². The van der Waals surface area contributed by atoms with Crippen LogP contribution < -0.4 is 0 Å². The van der Waals surface area contributed by atoms with Gasteiger partial charge >= 0.3 is 0 Å². The molecule has 0 radical (unpaired) electrons. The lowest BCUT2D eigenvalue weighted by Gasteiger charge is -2.08. The highest BCUT2D eigenvalue weighted by Crippen LogP contribution is 2.26. The maximum Gasteiger partial charge on any atom is 0.163 e. The lowest BCUT2D eigenvalue weighted by molar-refractivity contribution is 0.992. The third kappa shape index (κ3) is 4.12. The molecule has 1 aromatic heterocycles. The lowest BCUT2D eigenvalue weighted by atomic mass is 10.0. The summed E-state index contributed by atoms with van der Waals surface area (Å²) in [4.78, 5) is 13.9. The van der Waals surface area contributed by atoms with Gasteiger partial charge in [0.2, 0.25) is 0 Å². The van der Waals surface area contributed by atoms with Crippen molar-refractivity contribution in [2.24, 2.45) is 0 Å². The first-order chi connectivity index (χ1) is 15.3. The van der Waals surface area contributed by atoms with E-state index in [0.717, 1.165) is 11.1 Å². The summed E-state index contributed by atoms with van der Waals surface area (Å²) >= 11 is 0. The second kappa shape index (κ2) is 8.33. The molecule has 148 valence electrons. The number of hydrogen-bond acceptors (Lipinski definition) is 3. The van der Waals surface area contributed by atoms with Crippen molar-refractivity contribution in [2.75, 3.05) is 0 Å². The van der Waals surface area contributed by atoms with E-state index < -0.39 is 0 Å². The van der Waals surface area contributed by atoms with Crippen LogP contribution in [0.25, 0.3) is 45.0 Å². The van der Waals surface area contributed by atoms with Crippen molar-refractivity contribution in [1.82, 2.24) is 15.0 Å². The van der Waals surface area contributed by atoms with E-state index in [1.54, 1.807) is 0 Å². The minimum atomic E-state index is 0.689. The Morgan fingerprint density at radius 2 is 0.677 bits per heavy atom. The first-order valence-electron chi connectivity index (χ1n) is 10.3. The van der Waals surface area contributed by atoms with Gasteiger partial charge in [-0.15, -0.1) is 0 Å². The third-order valence-corrected chi connectivity index (χ3v) is 5.25. The van der Waals surface area contributed by atoms with Gasteiger partial charge in [-0.2, -0.15) is 0 Å². The highest BCUT2D eigenvalue weighted by molar-refractivity contribution is 5.70. The van der Waals surface area contributed by atoms with Gasteiger partial charge in [0, 0.05) is 11.1 Å². The fraction of sp³-hybridized carbons (Fsp3) is 0.0357. The highest BCUT2D eigenvalue weighted by Gasteiger charge is 2.09. The van der Waals surface area contributed by atoms with Crippen molar-refractivity contribution < 1.29 is 0 Å². The molecule has 0 fully saturated rings. The molecule has 0 unspecified atom stereocenters. The van der Waals surface area contributed by atoms with Gasteiger partial charge in [-0.05, 0) is 29.2 Å². The van der Waals surface area contributed by atoms with E-state index in [4.69, 9.17) is 4.98 Å². The Kier molecular flexibility index (Phi) is 5.07. The minimum absolute atomic E-state index is 0.689. The molecule has 1 heterocycles. The third-order valence-electron chi connectivity index (χ3n) is 5.25. The van der Waals surface area contributed by atoms with Crippen LogP contribution in [0.1, 0.15) is 5.82 Å².